The molecule has 0 unspecified atom stereocenters. The van der Waals surface area contributed by atoms with Crippen molar-refractivity contribution in [2.45, 2.75) is 52.5 Å². The Morgan fingerprint density at radius 3 is 2.80 bits per heavy atom. The summed E-state index contributed by atoms with van der Waals surface area (Å²) in [5, 5.41) is 0. The van der Waals surface area contributed by atoms with Gasteiger partial charge in [-0.2, -0.15) is 0 Å². The summed E-state index contributed by atoms with van der Waals surface area (Å²) < 4.78 is 1.62. The van der Waals surface area contributed by atoms with Gasteiger partial charge in [0, 0.05) is 31.4 Å². The molecule has 0 N–H and O–H groups in total. The van der Waals surface area contributed by atoms with Crippen LogP contribution in [0, 0.1) is 5.92 Å². The van der Waals surface area contributed by atoms with Crippen molar-refractivity contribution in [2.24, 2.45) is 5.92 Å². The standard InChI is InChI=1S/C20H27N3O2/c1-14(24)15-6-5-8-22(12-15)13-16-11-21-18-10-17(20(2,3)4)7-9-23(18)19(16)25/h7,9-11,15H,5-6,8,12-13H2,1-4H3/t15-/m0/s1. The third-order valence-electron chi connectivity index (χ3n) is 5.12. The van der Waals surface area contributed by atoms with Crippen LogP contribution in [0.25, 0.3) is 5.65 Å². The summed E-state index contributed by atoms with van der Waals surface area (Å²) in [4.78, 5) is 31.2. The number of fused-ring (bicyclic) bond motifs is 1. The maximum absolute atomic E-state index is 12.8. The Labute approximate surface area is 148 Å². The van der Waals surface area contributed by atoms with Gasteiger partial charge in [0.05, 0.1) is 5.56 Å². The lowest BCUT2D eigenvalue weighted by Crippen LogP contribution is -2.39. The molecule has 0 spiro atoms. The highest BCUT2D eigenvalue weighted by Gasteiger charge is 2.24. The molecule has 1 saturated heterocycles. The second-order valence-electron chi connectivity index (χ2n) is 8.17. The minimum Gasteiger partial charge on any atom is -0.300 e. The molecule has 3 heterocycles. The van der Waals surface area contributed by atoms with Gasteiger partial charge in [-0.3, -0.25) is 18.9 Å². The van der Waals surface area contributed by atoms with Crippen molar-refractivity contribution in [1.82, 2.24) is 14.3 Å². The van der Waals surface area contributed by atoms with E-state index in [-0.39, 0.29) is 22.7 Å². The Morgan fingerprint density at radius 1 is 1.36 bits per heavy atom. The van der Waals surface area contributed by atoms with Gasteiger partial charge in [0.15, 0.2) is 0 Å². The second-order valence-corrected chi connectivity index (χ2v) is 8.17. The number of likely N-dealkylation sites (tertiary alicyclic amines) is 1. The van der Waals surface area contributed by atoms with Crippen LogP contribution >= 0.6 is 0 Å². The molecule has 1 atom stereocenters. The summed E-state index contributed by atoms with van der Waals surface area (Å²) in [7, 11) is 0. The SMILES string of the molecule is CC(=O)[C@H]1CCCN(Cc2cnc3cc(C(C)(C)C)ccn3c2=O)C1. The Bertz CT molecular complexity index is 848. The van der Waals surface area contributed by atoms with Crippen LogP contribution in [0.4, 0.5) is 0 Å². The molecule has 134 valence electrons. The molecule has 0 radical (unpaired) electrons. The maximum Gasteiger partial charge on any atom is 0.262 e. The zero-order valence-corrected chi connectivity index (χ0v) is 15.6. The quantitative estimate of drug-likeness (QED) is 0.861. The average molecular weight is 341 g/mol. The number of hydrogen-bond donors (Lipinski definition) is 0. The molecule has 25 heavy (non-hydrogen) atoms. The number of carbonyl (C=O) groups is 1. The first-order valence-electron chi connectivity index (χ1n) is 8.99. The van der Waals surface area contributed by atoms with E-state index < -0.39 is 0 Å². The van der Waals surface area contributed by atoms with E-state index in [4.69, 9.17) is 0 Å². The monoisotopic (exact) mass is 341 g/mol. The minimum absolute atomic E-state index is 0.0181. The molecule has 2 aromatic heterocycles. The van der Waals surface area contributed by atoms with Crippen molar-refractivity contribution < 1.29 is 4.79 Å². The fraction of sp³-hybridized carbons (Fsp3) is 0.550. The van der Waals surface area contributed by atoms with Gasteiger partial charge in [0.1, 0.15) is 11.4 Å². The van der Waals surface area contributed by atoms with Gasteiger partial charge in [-0.25, -0.2) is 4.98 Å². The van der Waals surface area contributed by atoms with Crippen molar-refractivity contribution in [1.29, 1.82) is 0 Å². The topological polar surface area (TPSA) is 54.7 Å². The molecule has 1 aliphatic heterocycles. The first-order valence-corrected chi connectivity index (χ1v) is 8.99. The normalized spacial score (nSPS) is 19.3. The van der Waals surface area contributed by atoms with E-state index >= 15 is 0 Å². The molecule has 5 nitrogen and oxygen atoms in total. The van der Waals surface area contributed by atoms with Crippen molar-refractivity contribution in [3.63, 3.8) is 0 Å². The van der Waals surface area contributed by atoms with Crippen LogP contribution in [0.5, 0.6) is 0 Å². The van der Waals surface area contributed by atoms with Gasteiger partial charge in [-0.15, -0.1) is 0 Å². The molecular weight excluding hydrogens is 314 g/mol. The molecule has 0 amide bonds. The van der Waals surface area contributed by atoms with Crippen molar-refractivity contribution in [3.05, 3.63) is 46.0 Å². The molecular formula is C20H27N3O2. The fourth-order valence-electron chi connectivity index (χ4n) is 3.46. The highest BCUT2D eigenvalue weighted by atomic mass is 16.1. The molecule has 3 rings (SSSR count). The summed E-state index contributed by atoms with van der Waals surface area (Å²) in [6, 6.07) is 3.98. The largest absolute Gasteiger partial charge is 0.300 e. The van der Waals surface area contributed by atoms with E-state index in [1.54, 1.807) is 17.5 Å². The van der Waals surface area contributed by atoms with Gasteiger partial charge in [-0.05, 0) is 49.4 Å². The number of rotatable bonds is 3. The predicted molar refractivity (Wildman–Crippen MR) is 98.8 cm³/mol. The number of pyridine rings is 1. The van der Waals surface area contributed by atoms with Crippen LogP contribution in [0.2, 0.25) is 0 Å². The summed E-state index contributed by atoms with van der Waals surface area (Å²) in [6.45, 7) is 10.3. The lowest BCUT2D eigenvalue weighted by Gasteiger charge is -2.31. The van der Waals surface area contributed by atoms with Gasteiger partial charge >= 0.3 is 0 Å². The third-order valence-corrected chi connectivity index (χ3v) is 5.12. The zero-order chi connectivity index (χ0) is 18.2. The summed E-state index contributed by atoms with van der Waals surface area (Å²) in [5.41, 5.74) is 2.53. The predicted octanol–water partition coefficient (Wildman–Crippen LogP) is 2.79. The second kappa shape index (κ2) is 6.71. The van der Waals surface area contributed by atoms with Gasteiger partial charge in [-0.1, -0.05) is 20.8 Å². The van der Waals surface area contributed by atoms with Gasteiger partial charge in [0.2, 0.25) is 0 Å². The number of carbonyl (C=O) groups excluding carboxylic acids is 1. The van der Waals surface area contributed by atoms with Crippen LogP contribution in [0.1, 0.15) is 51.7 Å². The molecule has 2 aromatic rings. The van der Waals surface area contributed by atoms with E-state index in [1.165, 1.54) is 0 Å². The molecule has 1 fully saturated rings. The number of piperidine rings is 1. The summed E-state index contributed by atoms with van der Waals surface area (Å²) in [5.74, 6) is 0.340. The number of nitrogens with zero attached hydrogens (tertiary/aromatic N) is 3. The number of Topliss-reactive ketones (excluding diaryl/α,β-unsaturated/α-hetero) is 1. The maximum atomic E-state index is 12.8. The third kappa shape index (κ3) is 3.82. The fourth-order valence-corrected chi connectivity index (χ4v) is 3.46. The highest BCUT2D eigenvalue weighted by Crippen LogP contribution is 2.22. The lowest BCUT2D eigenvalue weighted by atomic mass is 9.88. The molecule has 1 aliphatic rings. The van der Waals surface area contributed by atoms with E-state index in [2.05, 4.69) is 30.7 Å². The lowest BCUT2D eigenvalue weighted by molar-refractivity contribution is -0.122. The average Bonchev–Trinajstić information content (AvgIpc) is 2.56. The zero-order valence-electron chi connectivity index (χ0n) is 15.6. The number of ketones is 1. The van der Waals surface area contributed by atoms with Crippen LogP contribution in [-0.4, -0.2) is 33.2 Å². The first-order chi connectivity index (χ1) is 11.8. The number of aromatic nitrogens is 2. The van der Waals surface area contributed by atoms with Crippen LogP contribution in [-0.2, 0) is 16.8 Å². The van der Waals surface area contributed by atoms with Gasteiger partial charge in [0.25, 0.3) is 5.56 Å². The molecule has 0 aromatic carbocycles. The van der Waals surface area contributed by atoms with Crippen LogP contribution in [0.15, 0.2) is 29.3 Å². The molecule has 5 heteroatoms. The minimum atomic E-state index is -0.0181. The first kappa shape index (κ1) is 17.8. The summed E-state index contributed by atoms with van der Waals surface area (Å²) in [6.07, 6.45) is 5.47. The Hall–Kier alpha value is -2.01. The van der Waals surface area contributed by atoms with Crippen molar-refractivity contribution >= 4 is 11.4 Å². The van der Waals surface area contributed by atoms with Crippen molar-refractivity contribution in [2.75, 3.05) is 13.1 Å². The Morgan fingerprint density at radius 2 is 2.12 bits per heavy atom. The Balaban J connectivity index is 1.87. The highest BCUT2D eigenvalue weighted by molar-refractivity contribution is 5.78. The van der Waals surface area contributed by atoms with Crippen molar-refractivity contribution in [3.8, 4) is 0 Å². The Kier molecular flexibility index (Phi) is 4.78. The van der Waals surface area contributed by atoms with E-state index in [9.17, 15) is 9.59 Å². The summed E-state index contributed by atoms with van der Waals surface area (Å²) >= 11 is 0. The van der Waals surface area contributed by atoms with E-state index in [1.807, 2.05) is 18.3 Å². The smallest absolute Gasteiger partial charge is 0.262 e. The van der Waals surface area contributed by atoms with Crippen LogP contribution < -0.4 is 5.56 Å². The van der Waals surface area contributed by atoms with Crippen LogP contribution in [0.3, 0.4) is 0 Å². The molecule has 0 aliphatic carbocycles. The van der Waals surface area contributed by atoms with Gasteiger partial charge < -0.3 is 0 Å². The van der Waals surface area contributed by atoms with E-state index in [0.717, 1.165) is 31.5 Å². The number of hydrogen-bond acceptors (Lipinski definition) is 4. The molecule has 0 bridgehead atoms. The molecule has 0 saturated carbocycles. The van der Waals surface area contributed by atoms with E-state index in [0.29, 0.717) is 17.8 Å².